The van der Waals surface area contributed by atoms with Gasteiger partial charge in [0.2, 0.25) is 0 Å². The molecule has 0 bridgehead atoms. The van der Waals surface area contributed by atoms with E-state index < -0.39 is 0 Å². The zero-order valence-electron chi connectivity index (χ0n) is 10.1. The minimum absolute atomic E-state index is 0.361. The number of rotatable bonds is 8. The van der Waals surface area contributed by atoms with E-state index in [9.17, 15) is 0 Å². The molecule has 3 nitrogen and oxygen atoms in total. The first-order chi connectivity index (χ1) is 7.33. The Kier molecular flexibility index (Phi) is 6.98. The fraction of sp³-hybridized carbons (Fsp3) is 1.00. The van der Waals surface area contributed by atoms with Crippen LogP contribution in [0.2, 0.25) is 0 Å². The van der Waals surface area contributed by atoms with Gasteiger partial charge in [-0.15, -0.1) is 0 Å². The van der Waals surface area contributed by atoms with E-state index in [2.05, 4.69) is 19.2 Å². The Bertz CT molecular complexity index is 147. The summed E-state index contributed by atoms with van der Waals surface area (Å²) in [5, 5.41) is 3.40. The highest BCUT2D eigenvalue weighted by Crippen LogP contribution is 2.11. The number of nitrogens with one attached hydrogen (secondary N) is 1. The molecule has 0 aromatic rings. The fourth-order valence-electron chi connectivity index (χ4n) is 1.63. The van der Waals surface area contributed by atoms with E-state index in [-0.39, 0.29) is 0 Å². The van der Waals surface area contributed by atoms with Gasteiger partial charge in [-0.25, -0.2) is 0 Å². The molecule has 0 saturated carbocycles. The molecule has 1 heterocycles. The van der Waals surface area contributed by atoms with Crippen molar-refractivity contribution in [2.75, 3.05) is 32.9 Å². The van der Waals surface area contributed by atoms with Crippen LogP contribution in [0, 0.1) is 5.92 Å². The molecular formula is C12H25NO2. The summed E-state index contributed by atoms with van der Waals surface area (Å²) in [7, 11) is 0. The molecule has 0 aliphatic carbocycles. The van der Waals surface area contributed by atoms with Gasteiger partial charge in [0.05, 0.1) is 19.3 Å². The second kappa shape index (κ2) is 8.08. The average Bonchev–Trinajstić information content (AvgIpc) is 2.75. The van der Waals surface area contributed by atoms with E-state index >= 15 is 0 Å². The van der Waals surface area contributed by atoms with Crippen molar-refractivity contribution in [1.82, 2.24) is 5.32 Å². The minimum atomic E-state index is 0.361. The molecule has 1 rings (SSSR count). The lowest BCUT2D eigenvalue weighted by molar-refractivity contribution is 0.0182. The second-order valence-corrected chi connectivity index (χ2v) is 4.43. The molecule has 0 aromatic carbocycles. The third-order valence-electron chi connectivity index (χ3n) is 2.94. The summed E-state index contributed by atoms with van der Waals surface area (Å²) in [4.78, 5) is 0. The van der Waals surface area contributed by atoms with Gasteiger partial charge in [-0.3, -0.25) is 0 Å². The highest BCUT2D eigenvalue weighted by molar-refractivity contribution is 4.63. The van der Waals surface area contributed by atoms with Crippen molar-refractivity contribution >= 4 is 0 Å². The van der Waals surface area contributed by atoms with E-state index in [1.807, 2.05) is 0 Å². The molecule has 3 heteroatoms. The van der Waals surface area contributed by atoms with Crippen molar-refractivity contribution in [3.8, 4) is 0 Å². The Morgan fingerprint density at radius 3 is 3.07 bits per heavy atom. The fourth-order valence-corrected chi connectivity index (χ4v) is 1.63. The lowest BCUT2D eigenvalue weighted by Gasteiger charge is -2.12. The summed E-state index contributed by atoms with van der Waals surface area (Å²) in [6.07, 6.45) is 3.96. The molecule has 2 atom stereocenters. The van der Waals surface area contributed by atoms with Crippen LogP contribution in [0.5, 0.6) is 0 Å². The summed E-state index contributed by atoms with van der Waals surface area (Å²) in [5.74, 6) is 0.767. The molecule has 0 spiro atoms. The molecule has 0 radical (unpaired) electrons. The minimum Gasteiger partial charge on any atom is -0.377 e. The lowest BCUT2D eigenvalue weighted by atomic mass is 10.1. The van der Waals surface area contributed by atoms with Gasteiger partial charge in [-0.1, -0.05) is 20.3 Å². The van der Waals surface area contributed by atoms with Gasteiger partial charge < -0.3 is 14.8 Å². The van der Waals surface area contributed by atoms with E-state index in [1.165, 1.54) is 19.3 Å². The zero-order valence-corrected chi connectivity index (χ0v) is 10.1. The number of ether oxygens (including phenoxy) is 2. The van der Waals surface area contributed by atoms with Crippen molar-refractivity contribution in [3.63, 3.8) is 0 Å². The monoisotopic (exact) mass is 215 g/mol. The Morgan fingerprint density at radius 2 is 2.40 bits per heavy atom. The summed E-state index contributed by atoms with van der Waals surface area (Å²) in [6.45, 7) is 9.03. The Balaban J connectivity index is 1.80. The van der Waals surface area contributed by atoms with Gasteiger partial charge in [0.25, 0.3) is 0 Å². The molecule has 1 aliphatic rings. The van der Waals surface area contributed by atoms with Crippen molar-refractivity contribution in [2.45, 2.75) is 39.2 Å². The van der Waals surface area contributed by atoms with Crippen molar-refractivity contribution in [1.29, 1.82) is 0 Å². The highest BCUT2D eigenvalue weighted by Gasteiger charge is 2.14. The van der Waals surface area contributed by atoms with Crippen LogP contribution in [0.1, 0.15) is 33.1 Å². The standard InChI is InChI=1S/C12H25NO2/c1-3-11(2)9-13-6-8-14-10-12-5-4-7-15-12/h11-13H,3-10H2,1-2H3. The summed E-state index contributed by atoms with van der Waals surface area (Å²) in [5.41, 5.74) is 0. The highest BCUT2D eigenvalue weighted by atomic mass is 16.5. The molecule has 1 aliphatic heterocycles. The first-order valence-electron chi connectivity index (χ1n) is 6.23. The first-order valence-corrected chi connectivity index (χ1v) is 6.23. The first kappa shape index (κ1) is 12.9. The number of hydrogen-bond donors (Lipinski definition) is 1. The topological polar surface area (TPSA) is 30.5 Å². The average molecular weight is 215 g/mol. The Labute approximate surface area is 93.5 Å². The van der Waals surface area contributed by atoms with E-state index in [1.54, 1.807) is 0 Å². The summed E-state index contributed by atoms with van der Waals surface area (Å²) < 4.78 is 11.0. The maximum Gasteiger partial charge on any atom is 0.0809 e. The molecule has 1 saturated heterocycles. The Morgan fingerprint density at radius 1 is 1.53 bits per heavy atom. The van der Waals surface area contributed by atoms with E-state index in [4.69, 9.17) is 9.47 Å². The molecular weight excluding hydrogens is 190 g/mol. The van der Waals surface area contributed by atoms with Gasteiger partial charge in [0.15, 0.2) is 0 Å². The molecule has 15 heavy (non-hydrogen) atoms. The smallest absolute Gasteiger partial charge is 0.0809 e. The van der Waals surface area contributed by atoms with Crippen LogP contribution in [0.25, 0.3) is 0 Å². The molecule has 90 valence electrons. The van der Waals surface area contributed by atoms with Gasteiger partial charge in [0.1, 0.15) is 0 Å². The predicted octanol–water partition coefficient (Wildman–Crippen LogP) is 1.82. The molecule has 2 unspecified atom stereocenters. The van der Waals surface area contributed by atoms with Crippen LogP contribution in [0.3, 0.4) is 0 Å². The van der Waals surface area contributed by atoms with Crippen molar-refractivity contribution in [3.05, 3.63) is 0 Å². The van der Waals surface area contributed by atoms with Gasteiger partial charge in [-0.2, -0.15) is 0 Å². The normalized spacial score (nSPS) is 23.2. The predicted molar refractivity (Wildman–Crippen MR) is 62.1 cm³/mol. The van der Waals surface area contributed by atoms with Crippen molar-refractivity contribution in [2.24, 2.45) is 5.92 Å². The maximum absolute atomic E-state index is 5.55. The van der Waals surface area contributed by atoms with Crippen LogP contribution < -0.4 is 5.32 Å². The Hall–Kier alpha value is -0.120. The van der Waals surface area contributed by atoms with Crippen LogP contribution in [-0.4, -0.2) is 39.0 Å². The third-order valence-corrected chi connectivity index (χ3v) is 2.94. The maximum atomic E-state index is 5.55. The van der Waals surface area contributed by atoms with E-state index in [0.29, 0.717) is 6.10 Å². The van der Waals surface area contributed by atoms with Crippen LogP contribution >= 0.6 is 0 Å². The van der Waals surface area contributed by atoms with Crippen molar-refractivity contribution < 1.29 is 9.47 Å². The largest absolute Gasteiger partial charge is 0.377 e. The van der Waals surface area contributed by atoms with Crippen LogP contribution in [0.15, 0.2) is 0 Å². The third kappa shape index (κ3) is 6.13. The SMILES string of the molecule is CCC(C)CNCCOCC1CCCO1. The molecule has 1 N–H and O–H groups in total. The van der Waals surface area contributed by atoms with Gasteiger partial charge in [-0.05, 0) is 25.3 Å². The molecule has 0 amide bonds. The van der Waals surface area contributed by atoms with Crippen LogP contribution in [0.4, 0.5) is 0 Å². The lowest BCUT2D eigenvalue weighted by Crippen LogP contribution is -2.26. The summed E-state index contributed by atoms with van der Waals surface area (Å²) in [6, 6.07) is 0. The van der Waals surface area contributed by atoms with Crippen LogP contribution in [-0.2, 0) is 9.47 Å². The second-order valence-electron chi connectivity index (χ2n) is 4.43. The number of hydrogen-bond acceptors (Lipinski definition) is 3. The molecule has 1 fully saturated rings. The zero-order chi connectivity index (χ0) is 10.9. The van der Waals surface area contributed by atoms with E-state index in [0.717, 1.165) is 38.8 Å². The molecule has 0 aromatic heterocycles. The van der Waals surface area contributed by atoms with Gasteiger partial charge in [0, 0.05) is 13.2 Å². The van der Waals surface area contributed by atoms with Gasteiger partial charge >= 0.3 is 0 Å². The quantitative estimate of drug-likeness (QED) is 0.626. The summed E-state index contributed by atoms with van der Waals surface area (Å²) >= 11 is 0.